The van der Waals surface area contributed by atoms with Gasteiger partial charge in [0.05, 0.1) is 6.54 Å². The Morgan fingerprint density at radius 3 is 2.25 bits per heavy atom. The Bertz CT molecular complexity index is 808. The SMILES string of the molecule is O=C(CN1CCc2ccccc2C1C(=O)N1CCCC1)N1CCN(C2CCCCC2)CC1. The molecule has 1 atom stereocenters. The highest BCUT2D eigenvalue weighted by Crippen LogP contribution is 2.32. The van der Waals surface area contributed by atoms with E-state index in [0.29, 0.717) is 6.54 Å². The summed E-state index contributed by atoms with van der Waals surface area (Å²) in [7, 11) is 0. The molecule has 0 bridgehead atoms. The maximum absolute atomic E-state index is 13.5. The maximum atomic E-state index is 13.5. The summed E-state index contributed by atoms with van der Waals surface area (Å²) < 4.78 is 0. The Kier molecular flexibility index (Phi) is 6.79. The van der Waals surface area contributed by atoms with Crippen molar-refractivity contribution in [1.29, 1.82) is 0 Å². The first kappa shape index (κ1) is 21.9. The lowest BCUT2D eigenvalue weighted by molar-refractivity contribution is -0.140. The molecule has 6 heteroatoms. The molecule has 1 saturated carbocycles. The molecule has 4 aliphatic rings. The van der Waals surface area contributed by atoms with Crippen LogP contribution in [-0.4, -0.2) is 89.8 Å². The summed E-state index contributed by atoms with van der Waals surface area (Å²) in [5.74, 6) is 0.372. The van der Waals surface area contributed by atoms with Crippen molar-refractivity contribution in [3.05, 3.63) is 35.4 Å². The van der Waals surface area contributed by atoms with Crippen molar-refractivity contribution >= 4 is 11.8 Å². The average molecular weight is 439 g/mol. The molecule has 3 fully saturated rings. The van der Waals surface area contributed by atoms with Crippen molar-refractivity contribution in [2.24, 2.45) is 0 Å². The molecular formula is C26H38N4O2. The number of fused-ring (bicyclic) bond motifs is 1. The van der Waals surface area contributed by atoms with Crippen LogP contribution < -0.4 is 0 Å². The van der Waals surface area contributed by atoms with E-state index in [9.17, 15) is 9.59 Å². The van der Waals surface area contributed by atoms with Crippen molar-refractivity contribution in [3.63, 3.8) is 0 Å². The number of carbonyl (C=O) groups excluding carboxylic acids is 2. The average Bonchev–Trinajstić information content (AvgIpc) is 3.39. The number of likely N-dealkylation sites (tertiary alicyclic amines) is 1. The van der Waals surface area contributed by atoms with Crippen LogP contribution in [0.4, 0.5) is 0 Å². The van der Waals surface area contributed by atoms with Gasteiger partial charge in [-0.3, -0.25) is 19.4 Å². The third-order valence-corrected chi connectivity index (χ3v) is 8.13. The van der Waals surface area contributed by atoms with E-state index < -0.39 is 0 Å². The molecule has 174 valence electrons. The molecule has 1 aliphatic carbocycles. The Hall–Kier alpha value is -1.92. The van der Waals surface area contributed by atoms with Gasteiger partial charge in [-0.1, -0.05) is 43.5 Å². The van der Waals surface area contributed by atoms with Gasteiger partial charge in [0.2, 0.25) is 11.8 Å². The van der Waals surface area contributed by atoms with Crippen LogP contribution in [0.25, 0.3) is 0 Å². The quantitative estimate of drug-likeness (QED) is 0.725. The standard InChI is InChI=1S/C26H38N4O2/c31-24(28-18-16-27(17-19-28)22-9-2-1-3-10-22)20-30-15-12-21-8-4-5-11-23(21)25(30)26(32)29-13-6-7-14-29/h4-5,8,11,22,25H,1-3,6-7,9-10,12-20H2. The lowest BCUT2D eigenvalue weighted by Crippen LogP contribution is -2.55. The number of rotatable bonds is 4. The highest BCUT2D eigenvalue weighted by atomic mass is 16.2. The van der Waals surface area contributed by atoms with E-state index in [1.807, 2.05) is 15.9 Å². The van der Waals surface area contributed by atoms with Gasteiger partial charge in [-0.15, -0.1) is 0 Å². The van der Waals surface area contributed by atoms with Gasteiger partial charge < -0.3 is 9.80 Å². The van der Waals surface area contributed by atoms with Crippen molar-refractivity contribution in [1.82, 2.24) is 19.6 Å². The topological polar surface area (TPSA) is 47.1 Å². The Morgan fingerprint density at radius 1 is 0.781 bits per heavy atom. The van der Waals surface area contributed by atoms with E-state index in [0.717, 1.165) is 76.7 Å². The van der Waals surface area contributed by atoms with E-state index >= 15 is 0 Å². The van der Waals surface area contributed by atoms with Gasteiger partial charge in [0.25, 0.3) is 0 Å². The van der Waals surface area contributed by atoms with Gasteiger partial charge in [-0.05, 0) is 43.2 Å². The number of carbonyl (C=O) groups is 2. The van der Waals surface area contributed by atoms with E-state index in [2.05, 4.69) is 28.0 Å². The molecular weight excluding hydrogens is 400 g/mol. The van der Waals surface area contributed by atoms with Gasteiger partial charge >= 0.3 is 0 Å². The van der Waals surface area contributed by atoms with Gasteiger partial charge in [0.15, 0.2) is 0 Å². The minimum absolute atomic E-state index is 0.185. The molecule has 6 nitrogen and oxygen atoms in total. The van der Waals surface area contributed by atoms with E-state index in [1.54, 1.807) is 0 Å². The van der Waals surface area contributed by atoms with Gasteiger partial charge in [-0.25, -0.2) is 0 Å². The maximum Gasteiger partial charge on any atom is 0.244 e. The first-order valence-electron chi connectivity index (χ1n) is 12.8. The summed E-state index contributed by atoms with van der Waals surface area (Å²) >= 11 is 0. The number of hydrogen-bond acceptors (Lipinski definition) is 4. The molecule has 0 spiro atoms. The zero-order chi connectivity index (χ0) is 21.9. The van der Waals surface area contributed by atoms with Crippen LogP contribution in [0.1, 0.15) is 62.1 Å². The summed E-state index contributed by atoms with van der Waals surface area (Å²) in [6, 6.07) is 8.73. The van der Waals surface area contributed by atoms with Crippen LogP contribution in [0.3, 0.4) is 0 Å². The first-order chi connectivity index (χ1) is 15.7. The molecule has 0 aromatic heterocycles. The molecule has 1 aromatic carbocycles. The second kappa shape index (κ2) is 9.92. The highest BCUT2D eigenvalue weighted by molar-refractivity contribution is 5.86. The van der Waals surface area contributed by atoms with Gasteiger partial charge in [0.1, 0.15) is 6.04 Å². The number of hydrogen-bond donors (Lipinski definition) is 0. The Balaban J connectivity index is 1.24. The summed E-state index contributed by atoms with van der Waals surface area (Å²) in [6.45, 7) is 6.46. The van der Waals surface area contributed by atoms with E-state index in [4.69, 9.17) is 0 Å². The zero-order valence-electron chi connectivity index (χ0n) is 19.4. The van der Waals surface area contributed by atoms with E-state index in [-0.39, 0.29) is 17.9 Å². The van der Waals surface area contributed by atoms with Crippen LogP contribution in [0.2, 0.25) is 0 Å². The third-order valence-electron chi connectivity index (χ3n) is 8.13. The minimum atomic E-state index is -0.314. The molecule has 1 aromatic rings. The fourth-order valence-electron chi connectivity index (χ4n) is 6.24. The fourth-order valence-corrected chi connectivity index (χ4v) is 6.24. The van der Waals surface area contributed by atoms with Crippen molar-refractivity contribution in [3.8, 4) is 0 Å². The van der Waals surface area contributed by atoms with Crippen LogP contribution in [0.5, 0.6) is 0 Å². The summed E-state index contributed by atoms with van der Waals surface area (Å²) in [5.41, 5.74) is 2.36. The van der Waals surface area contributed by atoms with Crippen molar-refractivity contribution < 1.29 is 9.59 Å². The molecule has 1 unspecified atom stereocenters. The minimum Gasteiger partial charge on any atom is -0.341 e. The van der Waals surface area contributed by atoms with Crippen LogP contribution in [0, 0.1) is 0 Å². The molecule has 0 N–H and O–H groups in total. The lowest BCUT2D eigenvalue weighted by Gasteiger charge is -2.42. The Morgan fingerprint density at radius 2 is 1.50 bits per heavy atom. The molecule has 2 amide bonds. The molecule has 2 saturated heterocycles. The second-order valence-corrected chi connectivity index (χ2v) is 10.1. The number of piperazine rings is 1. The number of nitrogens with zero attached hydrogens (tertiary/aromatic N) is 4. The lowest BCUT2D eigenvalue weighted by atomic mass is 9.91. The summed E-state index contributed by atoms with van der Waals surface area (Å²) in [5, 5.41) is 0. The zero-order valence-corrected chi connectivity index (χ0v) is 19.4. The number of amides is 2. The molecule has 3 aliphatic heterocycles. The second-order valence-electron chi connectivity index (χ2n) is 10.1. The highest BCUT2D eigenvalue weighted by Gasteiger charge is 2.38. The molecule has 0 radical (unpaired) electrons. The normalized spacial score (nSPS) is 25.7. The largest absolute Gasteiger partial charge is 0.341 e. The Labute approximate surface area is 192 Å². The number of benzene rings is 1. The van der Waals surface area contributed by atoms with E-state index in [1.165, 1.54) is 37.7 Å². The fraction of sp³-hybridized carbons (Fsp3) is 0.692. The van der Waals surface area contributed by atoms with Crippen LogP contribution >= 0.6 is 0 Å². The van der Waals surface area contributed by atoms with Crippen molar-refractivity contribution in [2.45, 2.75) is 63.5 Å². The molecule has 5 rings (SSSR count). The molecule has 3 heterocycles. The smallest absolute Gasteiger partial charge is 0.244 e. The summed E-state index contributed by atoms with van der Waals surface area (Å²) in [4.78, 5) is 35.6. The van der Waals surface area contributed by atoms with Gasteiger partial charge in [-0.2, -0.15) is 0 Å². The van der Waals surface area contributed by atoms with Gasteiger partial charge in [0, 0.05) is 51.9 Å². The summed E-state index contributed by atoms with van der Waals surface area (Å²) in [6.07, 6.45) is 9.81. The predicted molar refractivity (Wildman–Crippen MR) is 125 cm³/mol. The van der Waals surface area contributed by atoms with Crippen LogP contribution in [-0.2, 0) is 16.0 Å². The first-order valence-corrected chi connectivity index (χ1v) is 12.8. The third kappa shape index (κ3) is 4.58. The van der Waals surface area contributed by atoms with Crippen LogP contribution in [0.15, 0.2) is 24.3 Å². The monoisotopic (exact) mass is 438 g/mol. The van der Waals surface area contributed by atoms with Crippen molar-refractivity contribution in [2.75, 3.05) is 52.4 Å². The predicted octanol–water partition coefficient (Wildman–Crippen LogP) is 2.69. The molecule has 32 heavy (non-hydrogen) atoms.